The van der Waals surface area contributed by atoms with Crippen LogP contribution in [0.3, 0.4) is 0 Å². The third kappa shape index (κ3) is 2.79. The Balaban J connectivity index is 2.14. The normalized spacial score (nSPS) is 23.2. The van der Waals surface area contributed by atoms with Crippen molar-refractivity contribution in [3.63, 3.8) is 0 Å². The zero-order valence-corrected chi connectivity index (χ0v) is 11.1. The molecule has 2 unspecified atom stereocenters. The van der Waals surface area contributed by atoms with Crippen LogP contribution in [0, 0.1) is 5.92 Å². The Morgan fingerprint density at radius 3 is 2.94 bits per heavy atom. The van der Waals surface area contributed by atoms with E-state index in [1.807, 2.05) is 18.2 Å². The van der Waals surface area contributed by atoms with Crippen LogP contribution in [0.1, 0.15) is 29.8 Å². The van der Waals surface area contributed by atoms with Crippen LogP contribution < -0.4 is 5.32 Å². The third-order valence-electron chi connectivity index (χ3n) is 3.50. The quantitative estimate of drug-likeness (QED) is 0.809. The van der Waals surface area contributed by atoms with E-state index in [0.717, 1.165) is 18.5 Å². The lowest BCUT2D eigenvalue weighted by molar-refractivity contribution is 0.0891. The summed E-state index contributed by atoms with van der Waals surface area (Å²) >= 11 is 0. The molecular formula is C15H21NO2. The molecule has 1 saturated heterocycles. The van der Waals surface area contributed by atoms with Crippen LogP contribution in [-0.2, 0) is 11.2 Å². The number of benzene rings is 1. The number of likely N-dealkylation sites (N-methyl/N-ethyl adjacent to an activating group) is 1. The molecule has 2 rings (SSSR count). The fourth-order valence-electron chi connectivity index (χ4n) is 2.43. The summed E-state index contributed by atoms with van der Waals surface area (Å²) in [6.45, 7) is 6.19. The van der Waals surface area contributed by atoms with Crippen molar-refractivity contribution in [2.24, 2.45) is 5.92 Å². The Labute approximate surface area is 109 Å². The summed E-state index contributed by atoms with van der Waals surface area (Å²) in [4.78, 5) is 12.5. The Morgan fingerprint density at radius 1 is 1.39 bits per heavy atom. The van der Waals surface area contributed by atoms with E-state index in [1.165, 1.54) is 5.56 Å². The molecule has 0 aliphatic carbocycles. The van der Waals surface area contributed by atoms with E-state index in [0.29, 0.717) is 13.2 Å². The van der Waals surface area contributed by atoms with E-state index in [2.05, 4.69) is 25.2 Å². The SMILES string of the molecule is CCNC1COCC1C(=O)c1cccc(CC)c1. The minimum atomic E-state index is -0.0444. The van der Waals surface area contributed by atoms with Gasteiger partial charge in [-0.15, -0.1) is 0 Å². The summed E-state index contributed by atoms with van der Waals surface area (Å²) in [6, 6.07) is 8.09. The van der Waals surface area contributed by atoms with Crippen LogP contribution in [0.2, 0.25) is 0 Å². The lowest BCUT2D eigenvalue weighted by Gasteiger charge is -2.17. The Morgan fingerprint density at radius 2 is 2.22 bits per heavy atom. The van der Waals surface area contributed by atoms with Gasteiger partial charge in [-0.05, 0) is 24.6 Å². The number of carbonyl (C=O) groups is 1. The smallest absolute Gasteiger partial charge is 0.169 e. The summed E-state index contributed by atoms with van der Waals surface area (Å²) in [5, 5.41) is 3.33. The predicted molar refractivity (Wildman–Crippen MR) is 71.9 cm³/mol. The fraction of sp³-hybridized carbons (Fsp3) is 0.533. The molecule has 2 atom stereocenters. The second-order valence-electron chi connectivity index (χ2n) is 4.73. The molecule has 0 saturated carbocycles. The molecule has 3 nitrogen and oxygen atoms in total. The highest BCUT2D eigenvalue weighted by atomic mass is 16.5. The number of carbonyl (C=O) groups excluding carboxylic acids is 1. The van der Waals surface area contributed by atoms with E-state index >= 15 is 0 Å². The van der Waals surface area contributed by atoms with Crippen molar-refractivity contribution < 1.29 is 9.53 Å². The van der Waals surface area contributed by atoms with E-state index in [1.54, 1.807) is 0 Å². The molecule has 0 amide bonds. The van der Waals surface area contributed by atoms with Gasteiger partial charge < -0.3 is 10.1 Å². The molecule has 1 fully saturated rings. The maximum atomic E-state index is 12.5. The molecule has 1 heterocycles. The second kappa shape index (κ2) is 6.12. The molecule has 0 radical (unpaired) electrons. The predicted octanol–water partition coefficient (Wildman–Crippen LogP) is 2.06. The first-order chi connectivity index (χ1) is 8.76. The molecule has 98 valence electrons. The molecule has 1 aliphatic heterocycles. The summed E-state index contributed by atoms with van der Waals surface area (Å²) in [5.74, 6) is 0.158. The summed E-state index contributed by atoms with van der Waals surface area (Å²) in [5.41, 5.74) is 2.02. The Hall–Kier alpha value is -1.19. The molecule has 1 aliphatic rings. The third-order valence-corrected chi connectivity index (χ3v) is 3.50. The van der Waals surface area contributed by atoms with E-state index < -0.39 is 0 Å². The number of ketones is 1. The zero-order chi connectivity index (χ0) is 13.0. The topological polar surface area (TPSA) is 38.3 Å². The lowest BCUT2D eigenvalue weighted by Crippen LogP contribution is -2.39. The molecule has 3 heteroatoms. The average molecular weight is 247 g/mol. The number of hydrogen-bond acceptors (Lipinski definition) is 3. The van der Waals surface area contributed by atoms with Crippen molar-refractivity contribution in [3.05, 3.63) is 35.4 Å². The Kier molecular flexibility index (Phi) is 4.50. The Bertz CT molecular complexity index is 417. The maximum Gasteiger partial charge on any atom is 0.169 e. The van der Waals surface area contributed by atoms with Crippen LogP contribution in [0.25, 0.3) is 0 Å². The number of rotatable bonds is 5. The minimum absolute atomic E-state index is 0.0444. The minimum Gasteiger partial charge on any atom is -0.379 e. The van der Waals surface area contributed by atoms with Crippen LogP contribution in [0.4, 0.5) is 0 Å². The van der Waals surface area contributed by atoms with Crippen molar-refractivity contribution in [2.45, 2.75) is 26.3 Å². The zero-order valence-electron chi connectivity index (χ0n) is 11.1. The lowest BCUT2D eigenvalue weighted by atomic mass is 9.92. The van der Waals surface area contributed by atoms with Gasteiger partial charge in [-0.3, -0.25) is 4.79 Å². The summed E-state index contributed by atoms with van der Waals surface area (Å²) in [7, 11) is 0. The van der Waals surface area contributed by atoms with Crippen molar-refractivity contribution in [1.82, 2.24) is 5.32 Å². The van der Waals surface area contributed by atoms with Gasteiger partial charge >= 0.3 is 0 Å². The van der Waals surface area contributed by atoms with E-state index in [4.69, 9.17) is 4.74 Å². The molecule has 18 heavy (non-hydrogen) atoms. The molecule has 0 spiro atoms. The molecule has 0 bridgehead atoms. The number of ether oxygens (including phenoxy) is 1. The van der Waals surface area contributed by atoms with Crippen LogP contribution >= 0.6 is 0 Å². The fourth-order valence-corrected chi connectivity index (χ4v) is 2.43. The van der Waals surface area contributed by atoms with Gasteiger partial charge in [0.15, 0.2) is 5.78 Å². The number of hydrogen-bond donors (Lipinski definition) is 1. The maximum absolute atomic E-state index is 12.5. The second-order valence-corrected chi connectivity index (χ2v) is 4.73. The number of aryl methyl sites for hydroxylation is 1. The van der Waals surface area contributed by atoms with Crippen molar-refractivity contribution in [3.8, 4) is 0 Å². The van der Waals surface area contributed by atoms with Gasteiger partial charge in [0, 0.05) is 11.6 Å². The van der Waals surface area contributed by atoms with Crippen molar-refractivity contribution in [1.29, 1.82) is 0 Å². The molecule has 1 aromatic rings. The van der Waals surface area contributed by atoms with Gasteiger partial charge in [0.1, 0.15) is 0 Å². The monoisotopic (exact) mass is 247 g/mol. The van der Waals surface area contributed by atoms with Gasteiger partial charge in [-0.25, -0.2) is 0 Å². The van der Waals surface area contributed by atoms with Gasteiger partial charge in [0.05, 0.1) is 19.1 Å². The summed E-state index contributed by atoms with van der Waals surface area (Å²) < 4.78 is 5.44. The van der Waals surface area contributed by atoms with Crippen molar-refractivity contribution >= 4 is 5.78 Å². The van der Waals surface area contributed by atoms with E-state index in [-0.39, 0.29) is 17.7 Å². The van der Waals surface area contributed by atoms with Gasteiger partial charge in [0.25, 0.3) is 0 Å². The molecular weight excluding hydrogens is 226 g/mol. The first-order valence-corrected chi connectivity index (χ1v) is 6.70. The largest absolute Gasteiger partial charge is 0.379 e. The van der Waals surface area contributed by atoms with Crippen LogP contribution in [0.15, 0.2) is 24.3 Å². The van der Waals surface area contributed by atoms with E-state index in [9.17, 15) is 4.79 Å². The van der Waals surface area contributed by atoms with Crippen molar-refractivity contribution in [2.75, 3.05) is 19.8 Å². The molecule has 1 aromatic carbocycles. The first kappa shape index (κ1) is 13.2. The van der Waals surface area contributed by atoms with Gasteiger partial charge in [0.2, 0.25) is 0 Å². The highest BCUT2D eigenvalue weighted by molar-refractivity contribution is 5.98. The van der Waals surface area contributed by atoms with Gasteiger partial charge in [-0.2, -0.15) is 0 Å². The van der Waals surface area contributed by atoms with Gasteiger partial charge in [-0.1, -0.05) is 32.0 Å². The number of nitrogens with one attached hydrogen (secondary N) is 1. The summed E-state index contributed by atoms with van der Waals surface area (Å²) in [6.07, 6.45) is 0.957. The molecule has 0 aromatic heterocycles. The molecule has 1 N–H and O–H groups in total. The highest BCUT2D eigenvalue weighted by Crippen LogP contribution is 2.20. The average Bonchev–Trinajstić information content (AvgIpc) is 2.86. The van der Waals surface area contributed by atoms with Crippen LogP contribution in [-0.4, -0.2) is 31.6 Å². The number of Topliss-reactive ketones (excluding diaryl/α,β-unsaturated/α-hetero) is 1. The highest BCUT2D eigenvalue weighted by Gasteiger charge is 2.33. The standard InChI is InChI=1S/C15H21NO2/c1-3-11-6-5-7-12(8-11)15(17)13-9-18-10-14(13)16-4-2/h5-8,13-14,16H,3-4,9-10H2,1-2H3. The van der Waals surface area contributed by atoms with Crippen LogP contribution in [0.5, 0.6) is 0 Å². The first-order valence-electron chi connectivity index (χ1n) is 6.70.